The SMILES string of the molecule is CC(C)(CCl)C(=O)NCCC(N)=O. The molecule has 0 aromatic carbocycles. The van der Waals surface area contributed by atoms with E-state index < -0.39 is 11.3 Å². The minimum atomic E-state index is -0.598. The number of carbonyl (C=O) groups is 2. The van der Waals surface area contributed by atoms with Crippen LogP contribution in [-0.2, 0) is 9.59 Å². The number of primary amides is 1. The van der Waals surface area contributed by atoms with E-state index in [2.05, 4.69) is 5.32 Å². The van der Waals surface area contributed by atoms with Gasteiger partial charge < -0.3 is 11.1 Å². The van der Waals surface area contributed by atoms with Crippen molar-refractivity contribution in [2.45, 2.75) is 20.3 Å². The Balaban J connectivity index is 3.81. The Morgan fingerprint density at radius 2 is 2.00 bits per heavy atom. The lowest BCUT2D eigenvalue weighted by molar-refractivity contribution is -0.128. The molecule has 0 bridgehead atoms. The minimum absolute atomic E-state index is 0.157. The van der Waals surface area contributed by atoms with Crippen LogP contribution >= 0.6 is 11.6 Å². The normalized spacial score (nSPS) is 11.0. The Bertz CT molecular complexity index is 204. The predicted octanol–water partition coefficient (Wildman–Crippen LogP) is 0.243. The zero-order valence-corrected chi connectivity index (χ0v) is 8.65. The number of hydrogen-bond acceptors (Lipinski definition) is 2. The Kier molecular flexibility index (Phi) is 4.77. The highest BCUT2D eigenvalue weighted by molar-refractivity contribution is 6.19. The van der Waals surface area contributed by atoms with Gasteiger partial charge in [0.05, 0.1) is 5.41 Å². The Morgan fingerprint density at radius 3 is 2.38 bits per heavy atom. The van der Waals surface area contributed by atoms with Gasteiger partial charge in [-0.25, -0.2) is 0 Å². The highest BCUT2D eigenvalue weighted by Crippen LogP contribution is 2.16. The lowest BCUT2D eigenvalue weighted by Gasteiger charge is -2.19. The molecule has 0 aromatic heterocycles. The molecule has 0 aliphatic heterocycles. The molecule has 2 amide bonds. The number of nitrogens with one attached hydrogen (secondary N) is 1. The van der Waals surface area contributed by atoms with E-state index in [1.54, 1.807) is 13.8 Å². The molecule has 0 saturated heterocycles. The van der Waals surface area contributed by atoms with Crippen molar-refractivity contribution in [1.82, 2.24) is 5.32 Å². The first kappa shape index (κ1) is 12.2. The molecular formula is C8H15ClN2O2. The second-order valence-corrected chi connectivity index (χ2v) is 3.76. The molecular weight excluding hydrogens is 192 g/mol. The number of carbonyl (C=O) groups excluding carboxylic acids is 2. The summed E-state index contributed by atoms with van der Waals surface area (Å²) in [6, 6.07) is 0. The van der Waals surface area contributed by atoms with Crippen molar-refractivity contribution >= 4 is 23.4 Å². The summed E-state index contributed by atoms with van der Waals surface area (Å²) < 4.78 is 0. The molecule has 3 N–H and O–H groups in total. The van der Waals surface area contributed by atoms with Crippen LogP contribution in [0.25, 0.3) is 0 Å². The zero-order chi connectivity index (χ0) is 10.5. The molecule has 0 heterocycles. The van der Waals surface area contributed by atoms with Gasteiger partial charge in [0.15, 0.2) is 0 Å². The molecule has 0 rings (SSSR count). The molecule has 5 heteroatoms. The molecule has 0 aromatic rings. The summed E-state index contributed by atoms with van der Waals surface area (Å²) in [5.41, 5.74) is 4.31. The standard InChI is InChI=1S/C8H15ClN2O2/c1-8(2,5-9)7(13)11-4-3-6(10)12/h3-5H2,1-2H3,(H2,10,12)(H,11,13). The third kappa shape index (κ3) is 4.72. The van der Waals surface area contributed by atoms with Gasteiger partial charge in [0, 0.05) is 18.8 Å². The summed E-state index contributed by atoms with van der Waals surface area (Å²) >= 11 is 5.58. The van der Waals surface area contributed by atoms with Crippen molar-refractivity contribution in [1.29, 1.82) is 0 Å². The van der Waals surface area contributed by atoms with Crippen LogP contribution in [0, 0.1) is 5.41 Å². The van der Waals surface area contributed by atoms with Gasteiger partial charge in [0.25, 0.3) is 0 Å². The minimum Gasteiger partial charge on any atom is -0.370 e. The average Bonchev–Trinajstić information content (AvgIpc) is 2.03. The molecule has 0 atom stereocenters. The zero-order valence-electron chi connectivity index (χ0n) is 7.89. The number of halogens is 1. The average molecular weight is 207 g/mol. The number of alkyl halides is 1. The van der Waals surface area contributed by atoms with Crippen molar-refractivity contribution in [3.05, 3.63) is 0 Å². The molecule has 0 unspecified atom stereocenters. The maximum absolute atomic E-state index is 11.3. The Morgan fingerprint density at radius 1 is 1.46 bits per heavy atom. The van der Waals surface area contributed by atoms with Crippen molar-refractivity contribution in [2.75, 3.05) is 12.4 Å². The van der Waals surface area contributed by atoms with Gasteiger partial charge in [-0.1, -0.05) is 0 Å². The van der Waals surface area contributed by atoms with Crippen LogP contribution < -0.4 is 11.1 Å². The van der Waals surface area contributed by atoms with Gasteiger partial charge in [-0.3, -0.25) is 9.59 Å². The molecule has 0 radical (unpaired) electrons. The van der Waals surface area contributed by atoms with E-state index in [0.717, 1.165) is 0 Å². The van der Waals surface area contributed by atoms with Gasteiger partial charge in [0.2, 0.25) is 11.8 Å². The van der Waals surface area contributed by atoms with Crippen LogP contribution in [0.5, 0.6) is 0 Å². The van der Waals surface area contributed by atoms with Gasteiger partial charge in [-0.15, -0.1) is 11.6 Å². The van der Waals surface area contributed by atoms with E-state index in [9.17, 15) is 9.59 Å². The highest BCUT2D eigenvalue weighted by Gasteiger charge is 2.25. The van der Waals surface area contributed by atoms with Crippen molar-refractivity contribution < 1.29 is 9.59 Å². The Hall–Kier alpha value is -0.770. The summed E-state index contributed by atoms with van der Waals surface area (Å²) in [5, 5.41) is 2.58. The fraction of sp³-hybridized carbons (Fsp3) is 0.750. The first-order chi connectivity index (χ1) is 5.90. The first-order valence-electron chi connectivity index (χ1n) is 4.02. The molecule has 0 fully saturated rings. The number of hydrogen-bond donors (Lipinski definition) is 2. The maximum Gasteiger partial charge on any atom is 0.226 e. The van der Waals surface area contributed by atoms with E-state index in [1.165, 1.54) is 0 Å². The van der Waals surface area contributed by atoms with Crippen molar-refractivity contribution in [3.63, 3.8) is 0 Å². The molecule has 0 spiro atoms. The monoisotopic (exact) mass is 206 g/mol. The van der Waals surface area contributed by atoms with Crippen LogP contribution in [0.2, 0.25) is 0 Å². The van der Waals surface area contributed by atoms with Crippen molar-refractivity contribution in [2.24, 2.45) is 11.1 Å². The molecule has 76 valence electrons. The van der Waals surface area contributed by atoms with Crippen LogP contribution in [0.15, 0.2) is 0 Å². The topological polar surface area (TPSA) is 72.2 Å². The van der Waals surface area contributed by atoms with Gasteiger partial charge >= 0.3 is 0 Å². The second kappa shape index (κ2) is 5.07. The Labute approximate surface area is 82.8 Å². The maximum atomic E-state index is 11.3. The van der Waals surface area contributed by atoms with Gasteiger partial charge in [-0.2, -0.15) is 0 Å². The fourth-order valence-electron chi connectivity index (χ4n) is 0.599. The van der Waals surface area contributed by atoms with Gasteiger partial charge in [0.1, 0.15) is 0 Å². The lowest BCUT2D eigenvalue weighted by Crippen LogP contribution is -2.39. The first-order valence-corrected chi connectivity index (χ1v) is 4.56. The molecule has 13 heavy (non-hydrogen) atoms. The smallest absolute Gasteiger partial charge is 0.226 e. The van der Waals surface area contributed by atoms with Crippen LogP contribution in [-0.4, -0.2) is 24.2 Å². The van der Waals surface area contributed by atoms with E-state index in [4.69, 9.17) is 17.3 Å². The third-order valence-electron chi connectivity index (χ3n) is 1.61. The molecule has 0 saturated carbocycles. The third-order valence-corrected chi connectivity index (χ3v) is 2.27. The quantitative estimate of drug-likeness (QED) is 0.633. The van der Waals surface area contributed by atoms with Gasteiger partial charge in [-0.05, 0) is 13.8 Å². The highest BCUT2D eigenvalue weighted by atomic mass is 35.5. The van der Waals surface area contributed by atoms with Crippen LogP contribution in [0.1, 0.15) is 20.3 Å². The predicted molar refractivity (Wildman–Crippen MR) is 51.3 cm³/mol. The van der Waals surface area contributed by atoms with E-state index in [-0.39, 0.29) is 24.8 Å². The van der Waals surface area contributed by atoms with Crippen molar-refractivity contribution in [3.8, 4) is 0 Å². The molecule has 4 nitrogen and oxygen atoms in total. The number of amides is 2. The lowest BCUT2D eigenvalue weighted by atomic mass is 9.95. The number of nitrogens with two attached hydrogens (primary N) is 1. The summed E-state index contributed by atoms with van der Waals surface area (Å²) in [6.07, 6.45) is 0.157. The molecule has 0 aliphatic rings. The number of rotatable bonds is 5. The van der Waals surface area contributed by atoms with E-state index in [0.29, 0.717) is 0 Å². The summed E-state index contributed by atoms with van der Waals surface area (Å²) in [4.78, 5) is 21.7. The second-order valence-electron chi connectivity index (χ2n) is 3.49. The fourth-order valence-corrected chi connectivity index (χ4v) is 0.721. The largest absolute Gasteiger partial charge is 0.370 e. The van der Waals surface area contributed by atoms with Crippen LogP contribution in [0.4, 0.5) is 0 Å². The summed E-state index contributed by atoms with van der Waals surface area (Å²) in [5.74, 6) is -0.345. The summed E-state index contributed by atoms with van der Waals surface area (Å²) in [6.45, 7) is 3.74. The van der Waals surface area contributed by atoms with E-state index >= 15 is 0 Å². The van der Waals surface area contributed by atoms with Crippen LogP contribution in [0.3, 0.4) is 0 Å². The molecule has 0 aliphatic carbocycles. The summed E-state index contributed by atoms with van der Waals surface area (Å²) in [7, 11) is 0. The van der Waals surface area contributed by atoms with E-state index in [1.807, 2.05) is 0 Å².